The molecule has 1 unspecified atom stereocenters. The highest BCUT2D eigenvalue weighted by atomic mass is 35.5. The molecule has 0 bridgehead atoms. The maximum Gasteiger partial charge on any atom is 0.344 e. The van der Waals surface area contributed by atoms with Gasteiger partial charge < -0.3 is 4.42 Å². The molecule has 0 N–H and O–H groups in total. The highest BCUT2D eigenvalue weighted by molar-refractivity contribution is 6.25. The van der Waals surface area contributed by atoms with Gasteiger partial charge in [-0.05, 0) is 17.5 Å². The number of hydrogen-bond donors (Lipinski definition) is 0. The average Bonchev–Trinajstić information content (AvgIpc) is 2.34. The standard InChI is InChI=1S/C13H7ClO3/c14-9-5-6-10(15)12-11(9)7-3-1-2-4-8(7)13(16)17-12/h1-6,9H. The number of hydrogen-bond acceptors (Lipinski definition) is 3. The number of rotatable bonds is 0. The quantitative estimate of drug-likeness (QED) is 0.672. The third-order valence-electron chi connectivity index (χ3n) is 2.79. The third-order valence-corrected chi connectivity index (χ3v) is 3.16. The molecule has 1 aromatic heterocycles. The number of halogens is 1. The summed E-state index contributed by atoms with van der Waals surface area (Å²) >= 11 is 6.14. The van der Waals surface area contributed by atoms with Crippen molar-refractivity contribution in [3.8, 4) is 0 Å². The molecule has 0 radical (unpaired) electrons. The van der Waals surface area contributed by atoms with Crippen LogP contribution in [-0.4, -0.2) is 5.78 Å². The average molecular weight is 247 g/mol. The Balaban J connectivity index is 2.52. The second kappa shape index (κ2) is 3.57. The molecule has 0 saturated heterocycles. The van der Waals surface area contributed by atoms with Crippen molar-refractivity contribution in [3.63, 3.8) is 0 Å². The molecule has 1 atom stereocenters. The van der Waals surface area contributed by atoms with Gasteiger partial charge in [-0.1, -0.05) is 24.3 Å². The number of ketones is 1. The number of alkyl halides is 1. The van der Waals surface area contributed by atoms with Crippen LogP contribution in [0.15, 0.2) is 45.6 Å². The molecular weight excluding hydrogens is 240 g/mol. The van der Waals surface area contributed by atoms with E-state index in [0.29, 0.717) is 16.3 Å². The predicted octanol–water partition coefficient (Wildman–Crippen LogP) is 2.83. The summed E-state index contributed by atoms with van der Waals surface area (Å²) in [4.78, 5) is 23.4. The number of benzene rings is 1. The zero-order valence-electron chi connectivity index (χ0n) is 8.64. The van der Waals surface area contributed by atoms with E-state index in [-0.39, 0.29) is 11.5 Å². The van der Waals surface area contributed by atoms with E-state index in [9.17, 15) is 9.59 Å². The monoisotopic (exact) mass is 246 g/mol. The van der Waals surface area contributed by atoms with E-state index in [1.807, 2.05) is 0 Å². The molecule has 0 fully saturated rings. The Labute approximate surface area is 101 Å². The second-order valence-electron chi connectivity index (χ2n) is 3.80. The van der Waals surface area contributed by atoms with E-state index in [1.165, 1.54) is 6.08 Å². The lowest BCUT2D eigenvalue weighted by atomic mass is 9.96. The Hall–Kier alpha value is -1.87. The highest BCUT2D eigenvalue weighted by Crippen LogP contribution is 2.34. The lowest BCUT2D eigenvalue weighted by Crippen LogP contribution is -2.14. The van der Waals surface area contributed by atoms with E-state index in [2.05, 4.69) is 0 Å². The van der Waals surface area contributed by atoms with Crippen molar-refractivity contribution in [2.45, 2.75) is 5.38 Å². The van der Waals surface area contributed by atoms with Crippen molar-refractivity contribution in [2.75, 3.05) is 0 Å². The lowest BCUT2D eigenvalue weighted by molar-refractivity contribution is 0.101. The first kappa shape index (κ1) is 10.3. The zero-order valence-corrected chi connectivity index (χ0v) is 9.40. The maximum atomic E-state index is 11.7. The van der Waals surface area contributed by atoms with Gasteiger partial charge in [0.2, 0.25) is 5.78 Å². The van der Waals surface area contributed by atoms with E-state index in [1.54, 1.807) is 30.3 Å². The molecule has 1 aliphatic carbocycles. The van der Waals surface area contributed by atoms with Crippen molar-refractivity contribution < 1.29 is 9.21 Å². The molecule has 17 heavy (non-hydrogen) atoms. The first-order valence-electron chi connectivity index (χ1n) is 5.11. The van der Waals surface area contributed by atoms with Gasteiger partial charge in [-0.25, -0.2) is 4.79 Å². The van der Waals surface area contributed by atoms with Crippen LogP contribution < -0.4 is 5.63 Å². The molecule has 3 nitrogen and oxygen atoms in total. The van der Waals surface area contributed by atoms with Crippen LogP contribution in [-0.2, 0) is 0 Å². The molecule has 1 aromatic carbocycles. The molecule has 1 heterocycles. The molecule has 0 aliphatic heterocycles. The SMILES string of the molecule is O=C1C=CC(Cl)c2c1oc(=O)c1ccccc21. The predicted molar refractivity (Wildman–Crippen MR) is 64.5 cm³/mol. The lowest BCUT2D eigenvalue weighted by Gasteiger charge is -2.15. The number of carbonyl (C=O) groups excluding carboxylic acids is 1. The Morgan fingerprint density at radius 3 is 2.59 bits per heavy atom. The van der Waals surface area contributed by atoms with Gasteiger partial charge in [-0.2, -0.15) is 0 Å². The first-order chi connectivity index (χ1) is 8.18. The molecule has 1 aliphatic rings. The van der Waals surface area contributed by atoms with E-state index in [0.717, 1.165) is 0 Å². The summed E-state index contributed by atoms with van der Waals surface area (Å²) in [5.41, 5.74) is 0.0706. The van der Waals surface area contributed by atoms with Crippen molar-refractivity contribution in [1.29, 1.82) is 0 Å². The van der Waals surface area contributed by atoms with Gasteiger partial charge in [0.15, 0.2) is 5.76 Å². The number of allylic oxidation sites excluding steroid dienone is 2. The molecule has 3 rings (SSSR count). The van der Waals surface area contributed by atoms with Crippen molar-refractivity contribution in [3.05, 3.63) is 58.2 Å². The smallest absolute Gasteiger partial charge is 0.344 e. The minimum absolute atomic E-state index is 0.0520. The molecule has 84 valence electrons. The van der Waals surface area contributed by atoms with Crippen LogP contribution in [0.3, 0.4) is 0 Å². The fraction of sp³-hybridized carbons (Fsp3) is 0.0769. The zero-order chi connectivity index (χ0) is 12.0. The van der Waals surface area contributed by atoms with Crippen LogP contribution in [0.4, 0.5) is 0 Å². The van der Waals surface area contributed by atoms with Crippen molar-refractivity contribution in [2.24, 2.45) is 0 Å². The maximum absolute atomic E-state index is 11.7. The largest absolute Gasteiger partial charge is 0.418 e. The minimum Gasteiger partial charge on any atom is -0.418 e. The van der Waals surface area contributed by atoms with Gasteiger partial charge in [-0.3, -0.25) is 4.79 Å². The van der Waals surface area contributed by atoms with Gasteiger partial charge in [0.05, 0.1) is 10.8 Å². The van der Waals surface area contributed by atoms with E-state index >= 15 is 0 Å². The van der Waals surface area contributed by atoms with Crippen LogP contribution in [0.25, 0.3) is 10.8 Å². The van der Waals surface area contributed by atoms with Crippen LogP contribution in [0.5, 0.6) is 0 Å². The summed E-state index contributed by atoms with van der Waals surface area (Å²) in [6.07, 6.45) is 2.93. The van der Waals surface area contributed by atoms with Gasteiger partial charge in [0, 0.05) is 5.56 Å². The number of carbonyl (C=O) groups is 1. The summed E-state index contributed by atoms with van der Waals surface area (Å²) in [5.74, 6) is -0.268. The minimum atomic E-state index is -0.508. The van der Waals surface area contributed by atoms with Gasteiger partial charge in [0.1, 0.15) is 0 Å². The molecule has 0 saturated carbocycles. The summed E-state index contributed by atoms with van der Waals surface area (Å²) in [6.45, 7) is 0. The van der Waals surface area contributed by atoms with Crippen molar-refractivity contribution >= 4 is 28.2 Å². The summed E-state index contributed by atoms with van der Waals surface area (Å²) in [7, 11) is 0. The summed E-state index contributed by atoms with van der Waals surface area (Å²) in [5, 5.41) is 0.674. The third kappa shape index (κ3) is 1.43. The van der Waals surface area contributed by atoms with Crippen LogP contribution in [0.2, 0.25) is 0 Å². The highest BCUT2D eigenvalue weighted by Gasteiger charge is 2.25. The Morgan fingerprint density at radius 2 is 1.82 bits per heavy atom. The van der Waals surface area contributed by atoms with Crippen LogP contribution >= 0.6 is 11.6 Å². The van der Waals surface area contributed by atoms with E-state index < -0.39 is 11.0 Å². The van der Waals surface area contributed by atoms with Crippen LogP contribution in [0, 0.1) is 0 Å². The Kier molecular flexibility index (Phi) is 2.16. The molecule has 2 aromatic rings. The molecule has 0 spiro atoms. The Bertz CT molecular complexity index is 712. The summed E-state index contributed by atoms with van der Waals surface area (Å²) in [6, 6.07) is 6.98. The fourth-order valence-electron chi connectivity index (χ4n) is 2.02. The molecule has 0 amide bonds. The van der Waals surface area contributed by atoms with E-state index in [4.69, 9.17) is 16.0 Å². The van der Waals surface area contributed by atoms with Gasteiger partial charge in [-0.15, -0.1) is 11.6 Å². The normalized spacial score (nSPS) is 18.4. The van der Waals surface area contributed by atoms with Gasteiger partial charge in [0.25, 0.3) is 0 Å². The van der Waals surface area contributed by atoms with Crippen LogP contribution in [0.1, 0.15) is 21.5 Å². The molecule has 4 heteroatoms. The summed E-state index contributed by atoms with van der Waals surface area (Å²) < 4.78 is 5.05. The van der Waals surface area contributed by atoms with Crippen molar-refractivity contribution in [1.82, 2.24) is 0 Å². The second-order valence-corrected chi connectivity index (χ2v) is 4.27. The first-order valence-corrected chi connectivity index (χ1v) is 5.54. The fourth-order valence-corrected chi connectivity index (χ4v) is 2.31. The topological polar surface area (TPSA) is 47.3 Å². The van der Waals surface area contributed by atoms with Gasteiger partial charge >= 0.3 is 5.63 Å². The Morgan fingerprint density at radius 1 is 1.12 bits per heavy atom. The molecular formula is C13H7ClO3. The number of fused-ring (bicyclic) bond motifs is 3.